The fourth-order valence-electron chi connectivity index (χ4n) is 5.70. The maximum absolute atomic E-state index is 8.15. The summed E-state index contributed by atoms with van der Waals surface area (Å²) in [7, 11) is 0. The van der Waals surface area contributed by atoms with Crippen molar-refractivity contribution in [3.05, 3.63) is 168 Å². The van der Waals surface area contributed by atoms with Gasteiger partial charge < -0.3 is 10.6 Å². The molecule has 4 heteroatoms. The summed E-state index contributed by atoms with van der Waals surface area (Å²) in [6, 6.07) is 33.5. The van der Waals surface area contributed by atoms with E-state index in [0.717, 1.165) is 22.3 Å². The summed E-state index contributed by atoms with van der Waals surface area (Å²) in [6.45, 7) is -9.50. The zero-order chi connectivity index (χ0) is 43.0. The van der Waals surface area contributed by atoms with Crippen LogP contribution in [0.25, 0.3) is 44.5 Å². The van der Waals surface area contributed by atoms with E-state index in [1.54, 1.807) is 73.3 Å². The van der Waals surface area contributed by atoms with Crippen molar-refractivity contribution in [1.29, 1.82) is 0 Å². The van der Waals surface area contributed by atoms with Crippen molar-refractivity contribution in [2.24, 2.45) is 0 Å². The molecule has 0 aliphatic carbocycles. The molecule has 0 unspecified atom stereocenters. The first-order valence-electron chi connectivity index (χ1n) is 21.3. The molecule has 48 heavy (non-hydrogen) atoms. The van der Waals surface area contributed by atoms with E-state index in [1.807, 2.05) is 36.4 Å². The molecule has 7 rings (SSSR count). The van der Waals surface area contributed by atoms with Gasteiger partial charge >= 0.3 is 0 Å². The average Bonchev–Trinajstić information content (AvgIpc) is 3.20. The lowest BCUT2D eigenvalue weighted by atomic mass is 9.95. The number of nitrogens with zero attached hydrogens (tertiary/aromatic N) is 2. The first kappa shape index (κ1) is 19.6. The van der Waals surface area contributed by atoms with Gasteiger partial charge in [-0.25, -0.2) is 0 Å². The molecular formula is C44H38N4. The Labute approximate surface area is 300 Å². The van der Waals surface area contributed by atoms with E-state index in [4.69, 9.17) is 16.4 Å². The molecule has 0 spiro atoms. The van der Waals surface area contributed by atoms with E-state index in [2.05, 4.69) is 20.6 Å². The third kappa shape index (κ3) is 6.60. The third-order valence-electron chi connectivity index (χ3n) is 8.07. The van der Waals surface area contributed by atoms with Gasteiger partial charge in [-0.15, -0.1) is 0 Å². The quantitative estimate of drug-likeness (QED) is 0.175. The smallest absolute Gasteiger partial charge is 0.0485 e. The summed E-state index contributed by atoms with van der Waals surface area (Å²) in [5.41, 5.74) is 7.94. The molecule has 0 aliphatic heterocycles. The van der Waals surface area contributed by atoms with Crippen LogP contribution in [0.3, 0.4) is 0 Å². The van der Waals surface area contributed by atoms with Gasteiger partial charge in [0.2, 0.25) is 0 Å². The molecule has 0 radical (unpaired) electrons. The minimum atomic E-state index is -2.42. The Morgan fingerprint density at radius 1 is 0.396 bits per heavy atom. The van der Waals surface area contributed by atoms with Gasteiger partial charge in [-0.1, -0.05) is 95.1 Å². The first-order chi connectivity index (χ1) is 28.3. The topological polar surface area (TPSA) is 49.8 Å². The van der Waals surface area contributed by atoms with Crippen LogP contribution < -0.4 is 10.6 Å². The second-order valence-corrected chi connectivity index (χ2v) is 11.4. The molecule has 7 aromatic rings. The average molecular weight is 635 g/mol. The molecule has 234 valence electrons. The molecule has 0 aliphatic rings. The molecule has 2 heterocycles. The number of rotatable bonds is 8. The van der Waals surface area contributed by atoms with Crippen LogP contribution in [0.4, 0.5) is 22.7 Å². The predicted octanol–water partition coefficient (Wildman–Crippen LogP) is 11.9. The highest BCUT2D eigenvalue weighted by Crippen LogP contribution is 2.43. The normalized spacial score (nSPS) is 15.7. The molecule has 0 bridgehead atoms. The van der Waals surface area contributed by atoms with Crippen LogP contribution in [0.1, 0.15) is 38.7 Å². The molecule has 4 nitrogen and oxygen atoms in total. The number of benzene rings is 5. The first-order valence-corrected chi connectivity index (χ1v) is 15.3. The minimum Gasteiger partial charge on any atom is -0.354 e. The van der Waals surface area contributed by atoms with Crippen LogP contribution >= 0.6 is 0 Å². The van der Waals surface area contributed by atoms with Gasteiger partial charge in [0.05, 0.1) is 0 Å². The van der Waals surface area contributed by atoms with Crippen molar-refractivity contribution >= 4 is 22.7 Å². The number of aryl methyl sites for hydroxylation is 4. The van der Waals surface area contributed by atoms with Crippen LogP contribution in [0.15, 0.2) is 146 Å². The number of hydrogen-bond acceptors (Lipinski definition) is 4. The van der Waals surface area contributed by atoms with E-state index < -0.39 is 27.4 Å². The summed E-state index contributed by atoms with van der Waals surface area (Å²) in [5.74, 6) is 0. The van der Waals surface area contributed by atoms with Crippen molar-refractivity contribution in [2.45, 2.75) is 27.4 Å². The highest BCUT2D eigenvalue weighted by molar-refractivity contribution is 5.96. The van der Waals surface area contributed by atoms with Crippen molar-refractivity contribution in [3.63, 3.8) is 0 Å². The van der Waals surface area contributed by atoms with E-state index in [9.17, 15) is 0 Å². The van der Waals surface area contributed by atoms with E-state index in [0.29, 0.717) is 45.0 Å². The maximum atomic E-state index is 8.15. The number of nitrogens with one attached hydrogen (secondary N) is 2. The summed E-state index contributed by atoms with van der Waals surface area (Å²) < 4.78 is 96.1. The largest absolute Gasteiger partial charge is 0.354 e. The molecule has 0 amide bonds. The SMILES string of the molecule is [2H]C([2H])([2H])c1ccc(-c2cc(C([2H])([2H])[2H])ccc2Nc2cc(Nc3ccc(C([2H])([2H])[2H])cc3-c3ccc(C([2H])([2H])[2H])cc3)c(-c3cccnc3)cc2-c2cccnc2)cc1. The summed E-state index contributed by atoms with van der Waals surface area (Å²) in [6.07, 6.45) is 6.78. The molecule has 0 saturated heterocycles. The van der Waals surface area contributed by atoms with Crippen LogP contribution in [0.2, 0.25) is 0 Å². The van der Waals surface area contributed by atoms with Crippen LogP contribution in [-0.2, 0) is 0 Å². The number of pyridine rings is 2. The standard InChI is InChI=1S/C44H38N4/c1-29-9-15-33(16-10-29)37-23-31(3)13-19-41(37)47-43-26-44(48-42-20-14-32(4)24-38(42)34-17-11-30(2)12-18-34)40(36-8-6-22-46-28-36)25-39(43)35-7-5-21-45-27-35/h5-28,47-48H,1-4H3/i1D3,2D3,3D3,4D3. The van der Waals surface area contributed by atoms with Crippen molar-refractivity contribution < 1.29 is 16.4 Å². The molecular weight excluding hydrogens is 585 g/mol. The second-order valence-electron chi connectivity index (χ2n) is 11.4. The Hall–Kier alpha value is -6.00. The number of aromatic nitrogens is 2. The highest BCUT2D eigenvalue weighted by atomic mass is 14.9. The lowest BCUT2D eigenvalue weighted by Crippen LogP contribution is -2.02. The van der Waals surface area contributed by atoms with Crippen molar-refractivity contribution in [1.82, 2.24) is 9.97 Å². The molecule has 0 saturated carbocycles. The van der Waals surface area contributed by atoms with Gasteiger partial charge in [-0.05, 0) is 87.1 Å². The van der Waals surface area contributed by atoms with Gasteiger partial charge in [0.1, 0.15) is 0 Å². The molecule has 2 N–H and O–H groups in total. The van der Waals surface area contributed by atoms with E-state index in [-0.39, 0.29) is 22.3 Å². The zero-order valence-electron chi connectivity index (χ0n) is 37.8. The lowest BCUT2D eigenvalue weighted by Gasteiger charge is -2.22. The molecule has 5 aromatic carbocycles. The maximum Gasteiger partial charge on any atom is 0.0485 e. The lowest BCUT2D eigenvalue weighted by molar-refractivity contribution is 1.32. The van der Waals surface area contributed by atoms with Gasteiger partial charge in [0, 0.05) is 97.4 Å². The second kappa shape index (κ2) is 13.4. The van der Waals surface area contributed by atoms with E-state index in [1.165, 1.54) is 36.4 Å². The van der Waals surface area contributed by atoms with Crippen LogP contribution in [-0.4, -0.2) is 9.97 Å². The van der Waals surface area contributed by atoms with Gasteiger partial charge in [-0.3, -0.25) is 9.97 Å². The monoisotopic (exact) mass is 634 g/mol. The Kier molecular flexibility index (Phi) is 5.47. The zero-order valence-corrected chi connectivity index (χ0v) is 25.8. The molecule has 0 fully saturated rings. The molecule has 2 aromatic heterocycles. The fourth-order valence-corrected chi connectivity index (χ4v) is 5.70. The Morgan fingerprint density at radius 3 is 1.21 bits per heavy atom. The summed E-state index contributed by atoms with van der Waals surface area (Å²) in [4.78, 5) is 8.77. The van der Waals surface area contributed by atoms with Gasteiger partial charge in [0.25, 0.3) is 0 Å². The van der Waals surface area contributed by atoms with E-state index >= 15 is 0 Å². The Bertz CT molecular complexity index is 2440. The number of anilines is 4. The van der Waals surface area contributed by atoms with Crippen molar-refractivity contribution in [3.8, 4) is 44.5 Å². The number of hydrogen-bond donors (Lipinski definition) is 2. The third-order valence-corrected chi connectivity index (χ3v) is 8.07. The van der Waals surface area contributed by atoms with Gasteiger partial charge in [0.15, 0.2) is 0 Å². The summed E-state index contributed by atoms with van der Waals surface area (Å²) >= 11 is 0. The van der Waals surface area contributed by atoms with Crippen LogP contribution in [0.5, 0.6) is 0 Å². The Balaban J connectivity index is 1.43. The highest BCUT2D eigenvalue weighted by Gasteiger charge is 2.17. The van der Waals surface area contributed by atoms with Gasteiger partial charge in [-0.2, -0.15) is 0 Å². The predicted molar refractivity (Wildman–Crippen MR) is 202 cm³/mol. The van der Waals surface area contributed by atoms with Crippen molar-refractivity contribution in [2.75, 3.05) is 10.6 Å². The fraction of sp³-hybridized carbons (Fsp3) is 0.0909. The molecule has 0 atom stereocenters. The minimum absolute atomic E-state index is 0.102. The summed E-state index contributed by atoms with van der Waals surface area (Å²) in [5, 5.41) is 7.11. The van der Waals surface area contributed by atoms with Crippen LogP contribution in [0, 0.1) is 27.4 Å². The Morgan fingerprint density at radius 2 is 0.812 bits per heavy atom.